The molecule has 0 saturated carbocycles. The maximum atomic E-state index is 13.9. The van der Waals surface area contributed by atoms with Crippen LogP contribution in [0.4, 0.5) is 10.1 Å². The summed E-state index contributed by atoms with van der Waals surface area (Å²) in [6, 6.07) is 7.98. The number of anilines is 1. The summed E-state index contributed by atoms with van der Waals surface area (Å²) in [7, 11) is -7.21. The van der Waals surface area contributed by atoms with Gasteiger partial charge in [-0.2, -0.15) is 9.37 Å². The second kappa shape index (κ2) is 9.39. The molecule has 0 aliphatic heterocycles. The number of aromatic nitrogens is 1. The number of rotatable bonds is 7. The van der Waals surface area contributed by atoms with Crippen LogP contribution in [0.5, 0.6) is 5.88 Å². The van der Waals surface area contributed by atoms with Gasteiger partial charge in [0.1, 0.15) is 4.90 Å². The normalized spacial score (nSPS) is 12.8. The minimum atomic E-state index is -3.78. The predicted molar refractivity (Wildman–Crippen MR) is 117 cm³/mol. The van der Waals surface area contributed by atoms with Gasteiger partial charge in [-0.15, -0.1) is 0 Å². The van der Waals surface area contributed by atoms with Crippen molar-refractivity contribution in [2.75, 3.05) is 17.8 Å². The number of hydrogen-bond acceptors (Lipinski definition) is 7. The first kappa shape index (κ1) is 24.2. The molecule has 0 unspecified atom stereocenters. The quantitative estimate of drug-likeness (QED) is 0.236. The van der Waals surface area contributed by atoms with E-state index in [-0.39, 0.29) is 32.2 Å². The highest BCUT2D eigenvalue weighted by Gasteiger charge is 2.19. The van der Waals surface area contributed by atoms with Gasteiger partial charge < -0.3 is 10.1 Å². The van der Waals surface area contributed by atoms with Crippen LogP contribution in [0, 0.1) is 5.95 Å². The largest absolute Gasteiger partial charge is 0.432 e. The number of halogens is 2. The van der Waals surface area contributed by atoms with Crippen LogP contribution in [0.2, 0.25) is 0 Å². The van der Waals surface area contributed by atoms with E-state index in [4.69, 9.17) is 4.74 Å². The lowest BCUT2D eigenvalue weighted by atomic mass is 10.2. The molecule has 0 aliphatic carbocycles. The van der Waals surface area contributed by atoms with Crippen molar-refractivity contribution in [3.63, 3.8) is 0 Å². The molecule has 12 heteroatoms. The van der Waals surface area contributed by atoms with Crippen LogP contribution >= 0.6 is 22.6 Å². The molecule has 1 heterocycles. The molecule has 8 nitrogen and oxygen atoms in total. The summed E-state index contributed by atoms with van der Waals surface area (Å²) >= 11 is 1.74. The zero-order chi connectivity index (χ0) is 22.7. The molecular weight excluding hydrogens is 550 g/mol. The number of amides is 1. The molecule has 2 aromatic rings. The SMILES string of the molecule is CC/C(C(=O)Nc1cccc(S(C)(=O)=O)c1)=C(\I)Oc1ccc(S(C)(=O)=O)c(F)n1. The summed E-state index contributed by atoms with van der Waals surface area (Å²) in [5.41, 5.74) is 0.481. The van der Waals surface area contributed by atoms with E-state index in [1.165, 1.54) is 30.3 Å². The minimum Gasteiger partial charge on any atom is -0.432 e. The highest BCUT2D eigenvalue weighted by atomic mass is 127. The fourth-order valence-corrected chi connectivity index (χ4v) is 4.48. The molecule has 0 fully saturated rings. The zero-order valence-electron chi connectivity index (χ0n) is 16.1. The topological polar surface area (TPSA) is 119 Å². The summed E-state index contributed by atoms with van der Waals surface area (Å²) in [6.45, 7) is 1.70. The molecule has 0 bridgehead atoms. The van der Waals surface area contributed by atoms with Crippen molar-refractivity contribution < 1.29 is 30.8 Å². The number of hydrogen-bond donors (Lipinski definition) is 1. The Balaban J connectivity index is 2.27. The van der Waals surface area contributed by atoms with Gasteiger partial charge in [0, 0.05) is 46.9 Å². The summed E-state index contributed by atoms with van der Waals surface area (Å²) in [6.07, 6.45) is 2.17. The van der Waals surface area contributed by atoms with E-state index in [0.29, 0.717) is 0 Å². The fourth-order valence-electron chi connectivity index (χ4n) is 2.29. The molecular formula is C18H18FIN2O6S2. The van der Waals surface area contributed by atoms with E-state index < -0.39 is 36.4 Å². The maximum Gasteiger partial charge on any atom is 0.255 e. The summed E-state index contributed by atoms with van der Waals surface area (Å²) in [5.74, 6) is -1.97. The lowest BCUT2D eigenvalue weighted by Gasteiger charge is -2.12. The molecule has 162 valence electrons. The van der Waals surface area contributed by atoms with Crippen LogP contribution < -0.4 is 10.1 Å². The summed E-state index contributed by atoms with van der Waals surface area (Å²) in [5, 5.41) is 2.59. The van der Waals surface area contributed by atoms with Crippen LogP contribution in [-0.4, -0.2) is 40.2 Å². The Morgan fingerprint density at radius 1 is 1.13 bits per heavy atom. The molecule has 2 rings (SSSR count). The van der Waals surface area contributed by atoms with Crippen molar-refractivity contribution in [2.45, 2.75) is 23.1 Å². The standard InChI is InChI=1S/C18H18FIN2O6S2/c1-4-13(18(23)21-11-6-5-7-12(10-11)29(2,24)25)17(20)28-15-9-8-14(16(19)22-15)30(3,26)27/h5-10H,4H2,1-3H3,(H,21,23)/b17-13-. The molecule has 0 radical (unpaired) electrons. The summed E-state index contributed by atoms with van der Waals surface area (Å²) < 4.78 is 65.7. The number of ether oxygens (including phenoxy) is 1. The third-order valence-electron chi connectivity index (χ3n) is 3.77. The second-order valence-corrected chi connectivity index (χ2v) is 11.2. The lowest BCUT2D eigenvalue weighted by Crippen LogP contribution is -2.16. The van der Waals surface area contributed by atoms with Crippen molar-refractivity contribution in [2.24, 2.45) is 0 Å². The van der Waals surface area contributed by atoms with Gasteiger partial charge in [0.25, 0.3) is 5.91 Å². The van der Waals surface area contributed by atoms with Crippen LogP contribution in [0.1, 0.15) is 13.3 Å². The Morgan fingerprint density at radius 3 is 2.33 bits per heavy atom. The molecule has 0 spiro atoms. The fraction of sp³-hybridized carbons (Fsp3) is 0.222. The van der Waals surface area contributed by atoms with Crippen molar-refractivity contribution >= 4 is 53.9 Å². The first-order valence-electron chi connectivity index (χ1n) is 8.37. The van der Waals surface area contributed by atoms with Gasteiger partial charge in [-0.05, 0) is 30.7 Å². The van der Waals surface area contributed by atoms with Gasteiger partial charge in [-0.1, -0.05) is 13.0 Å². The highest BCUT2D eigenvalue weighted by Crippen LogP contribution is 2.24. The van der Waals surface area contributed by atoms with Gasteiger partial charge in [0.05, 0.1) is 10.5 Å². The number of carbonyl (C=O) groups excluding carboxylic acids is 1. The van der Waals surface area contributed by atoms with Crippen molar-refractivity contribution in [3.8, 4) is 5.88 Å². The molecule has 30 heavy (non-hydrogen) atoms. The van der Waals surface area contributed by atoms with Gasteiger partial charge in [-0.3, -0.25) is 4.79 Å². The number of pyridine rings is 1. The first-order valence-corrected chi connectivity index (χ1v) is 13.2. The smallest absolute Gasteiger partial charge is 0.255 e. The maximum absolute atomic E-state index is 13.9. The zero-order valence-corrected chi connectivity index (χ0v) is 19.9. The van der Waals surface area contributed by atoms with E-state index in [1.54, 1.807) is 29.5 Å². The Hall–Kier alpha value is -2.06. The van der Waals surface area contributed by atoms with Crippen LogP contribution in [-0.2, 0) is 24.5 Å². The van der Waals surface area contributed by atoms with Crippen LogP contribution in [0.15, 0.2) is 55.5 Å². The van der Waals surface area contributed by atoms with Crippen LogP contribution in [0.25, 0.3) is 0 Å². The number of carbonyl (C=O) groups is 1. The average Bonchev–Trinajstić information content (AvgIpc) is 2.60. The minimum absolute atomic E-state index is 0.0546. The van der Waals surface area contributed by atoms with E-state index in [9.17, 15) is 26.0 Å². The lowest BCUT2D eigenvalue weighted by molar-refractivity contribution is -0.113. The van der Waals surface area contributed by atoms with E-state index in [2.05, 4.69) is 10.3 Å². The Kier molecular flexibility index (Phi) is 7.58. The Morgan fingerprint density at radius 2 is 1.80 bits per heavy atom. The molecule has 1 aromatic heterocycles. The number of nitrogens with one attached hydrogen (secondary N) is 1. The van der Waals surface area contributed by atoms with Crippen molar-refractivity contribution in [3.05, 3.63) is 51.7 Å². The van der Waals surface area contributed by atoms with Crippen molar-refractivity contribution in [1.29, 1.82) is 0 Å². The Bertz CT molecular complexity index is 1230. The highest BCUT2D eigenvalue weighted by molar-refractivity contribution is 14.1. The molecule has 1 N–H and O–H groups in total. The first-order chi connectivity index (χ1) is 13.8. The number of nitrogens with zero attached hydrogens (tertiary/aromatic N) is 1. The monoisotopic (exact) mass is 568 g/mol. The summed E-state index contributed by atoms with van der Waals surface area (Å²) in [4.78, 5) is 15.6. The predicted octanol–water partition coefficient (Wildman–Crippen LogP) is 3.10. The van der Waals surface area contributed by atoms with Gasteiger partial charge >= 0.3 is 0 Å². The van der Waals surface area contributed by atoms with Gasteiger partial charge in [0.2, 0.25) is 11.8 Å². The molecule has 1 aromatic carbocycles. The third-order valence-corrected chi connectivity index (χ3v) is 6.85. The average molecular weight is 568 g/mol. The molecule has 1 amide bonds. The van der Waals surface area contributed by atoms with E-state index in [1.807, 2.05) is 0 Å². The molecule has 0 atom stereocenters. The van der Waals surface area contributed by atoms with Gasteiger partial charge in [0.15, 0.2) is 23.4 Å². The van der Waals surface area contributed by atoms with E-state index >= 15 is 0 Å². The molecule has 0 saturated heterocycles. The second-order valence-electron chi connectivity index (χ2n) is 6.17. The Labute approximate surface area is 187 Å². The van der Waals surface area contributed by atoms with Crippen molar-refractivity contribution in [1.82, 2.24) is 4.98 Å². The van der Waals surface area contributed by atoms with Crippen LogP contribution in [0.3, 0.4) is 0 Å². The van der Waals surface area contributed by atoms with E-state index in [0.717, 1.165) is 18.6 Å². The molecule has 0 aliphatic rings. The number of benzene rings is 1. The third kappa shape index (κ3) is 6.22. The number of sulfone groups is 2. The van der Waals surface area contributed by atoms with Gasteiger partial charge in [-0.25, -0.2) is 16.8 Å².